The van der Waals surface area contributed by atoms with E-state index in [4.69, 9.17) is 4.42 Å². The summed E-state index contributed by atoms with van der Waals surface area (Å²) in [6.45, 7) is 5.45. The quantitative estimate of drug-likeness (QED) is 0.170. The van der Waals surface area contributed by atoms with E-state index in [-0.39, 0.29) is 28.4 Å². The molecule has 0 radical (unpaired) electrons. The molecule has 0 atom stereocenters. The fourth-order valence-electron chi connectivity index (χ4n) is 3.94. The monoisotopic (exact) mass is 615 g/mol. The molecule has 1 aliphatic rings. The number of thioether (sulfide) groups is 1. The van der Waals surface area contributed by atoms with Crippen LogP contribution < -0.4 is 5.32 Å². The molecule has 0 saturated carbocycles. The van der Waals surface area contributed by atoms with Crippen LogP contribution in [0.2, 0.25) is 0 Å². The Bertz CT molecular complexity index is 1480. The number of hydrogen-bond acceptors (Lipinski definition) is 5. The van der Waals surface area contributed by atoms with Gasteiger partial charge in [0.1, 0.15) is 11.3 Å². The van der Waals surface area contributed by atoms with Crippen molar-refractivity contribution < 1.29 is 18.8 Å². The van der Waals surface area contributed by atoms with Gasteiger partial charge in [-0.1, -0.05) is 97.2 Å². The van der Waals surface area contributed by atoms with Gasteiger partial charge in [0.25, 0.3) is 11.8 Å². The van der Waals surface area contributed by atoms with Crippen molar-refractivity contribution in [3.63, 3.8) is 0 Å². The molecule has 2 aromatic carbocycles. The largest absolute Gasteiger partial charge is 0.450 e. The summed E-state index contributed by atoms with van der Waals surface area (Å²) in [5, 5.41) is 3.17. The second kappa shape index (κ2) is 13.7. The third-order valence-electron chi connectivity index (χ3n) is 5.79. The van der Waals surface area contributed by atoms with E-state index in [1.165, 1.54) is 11.0 Å². The van der Waals surface area contributed by atoms with Crippen LogP contribution >= 0.6 is 27.7 Å². The summed E-state index contributed by atoms with van der Waals surface area (Å²) in [6, 6.07) is 22.2. The number of halogens is 1. The highest BCUT2D eigenvalue weighted by Gasteiger charge is 2.35. The maximum Gasteiger partial charge on any atom is 0.285 e. The molecule has 0 unspecified atom stereocenters. The number of rotatable bonds is 9. The van der Waals surface area contributed by atoms with E-state index in [9.17, 15) is 14.4 Å². The van der Waals surface area contributed by atoms with Crippen LogP contribution in [0.25, 0.3) is 6.08 Å². The number of nitrogens with zero attached hydrogens (tertiary/aromatic N) is 2. The highest BCUT2D eigenvalue weighted by atomic mass is 79.9. The van der Waals surface area contributed by atoms with Gasteiger partial charge in [-0.05, 0) is 58.3 Å². The fraction of sp³-hybridized carbons (Fsp3) is 0.0968. The Morgan fingerprint density at radius 2 is 1.73 bits per heavy atom. The molecule has 3 amide bonds. The first-order valence-electron chi connectivity index (χ1n) is 12.3. The minimum Gasteiger partial charge on any atom is -0.450 e. The van der Waals surface area contributed by atoms with Crippen molar-refractivity contribution in [2.75, 3.05) is 5.75 Å². The van der Waals surface area contributed by atoms with Crippen LogP contribution in [0.5, 0.6) is 0 Å². The van der Waals surface area contributed by atoms with Gasteiger partial charge in [0.2, 0.25) is 5.91 Å². The highest BCUT2D eigenvalue weighted by molar-refractivity contribution is 9.10. The second-order valence-corrected chi connectivity index (χ2v) is 10.2. The van der Waals surface area contributed by atoms with Crippen LogP contribution in [0.1, 0.15) is 29.9 Å². The number of allylic oxidation sites excluding steroid dienone is 4. The van der Waals surface area contributed by atoms with Crippen LogP contribution in [-0.2, 0) is 14.4 Å². The van der Waals surface area contributed by atoms with Crippen LogP contribution in [0.4, 0.5) is 0 Å². The summed E-state index contributed by atoms with van der Waals surface area (Å²) in [6.07, 6.45) is 8.00. The van der Waals surface area contributed by atoms with Gasteiger partial charge >= 0.3 is 0 Å². The molecule has 0 bridgehead atoms. The van der Waals surface area contributed by atoms with E-state index in [1.807, 2.05) is 60.7 Å². The number of aliphatic imine (C=N–C) groups is 1. The molecule has 1 aliphatic heterocycles. The number of carbonyl (C=O) groups is 3. The van der Waals surface area contributed by atoms with E-state index < -0.39 is 11.8 Å². The zero-order valence-corrected chi connectivity index (χ0v) is 24.0. The lowest BCUT2D eigenvalue weighted by Crippen LogP contribution is -2.42. The van der Waals surface area contributed by atoms with Crippen molar-refractivity contribution in [1.29, 1.82) is 0 Å². The first-order valence-corrected chi connectivity index (χ1v) is 14.1. The average Bonchev–Trinajstić information content (AvgIpc) is 3.39. The SMILES string of the molecule is C=C/C=C\C(=C/C)N1C(=O)/C(=C/c2ccc(Br)o2)C(=O)N=C1SCC(=O)NC(c1ccccc1)c1ccccc1. The molecule has 3 aromatic rings. The molecule has 9 heteroatoms. The molecule has 40 heavy (non-hydrogen) atoms. The van der Waals surface area contributed by atoms with E-state index in [0.717, 1.165) is 22.9 Å². The van der Waals surface area contributed by atoms with Crippen molar-refractivity contribution in [2.45, 2.75) is 13.0 Å². The molecule has 0 fully saturated rings. The minimum atomic E-state index is -0.716. The van der Waals surface area contributed by atoms with Crippen molar-refractivity contribution in [3.8, 4) is 0 Å². The van der Waals surface area contributed by atoms with Gasteiger partial charge in [-0.3, -0.25) is 19.3 Å². The van der Waals surface area contributed by atoms with Gasteiger partial charge in [0.15, 0.2) is 9.84 Å². The Hall–Kier alpha value is -4.21. The van der Waals surface area contributed by atoms with E-state index in [0.29, 0.717) is 16.1 Å². The first kappa shape index (κ1) is 28.8. The van der Waals surface area contributed by atoms with Gasteiger partial charge in [-0.2, -0.15) is 4.99 Å². The lowest BCUT2D eigenvalue weighted by Gasteiger charge is -2.28. The molecule has 0 saturated heterocycles. The van der Waals surface area contributed by atoms with Crippen LogP contribution in [0.15, 0.2) is 129 Å². The molecule has 0 spiro atoms. The van der Waals surface area contributed by atoms with Crippen LogP contribution in [0.3, 0.4) is 0 Å². The predicted molar refractivity (Wildman–Crippen MR) is 162 cm³/mol. The van der Waals surface area contributed by atoms with Gasteiger partial charge in [0, 0.05) is 5.70 Å². The van der Waals surface area contributed by atoms with Gasteiger partial charge in [-0.25, -0.2) is 0 Å². The summed E-state index contributed by atoms with van der Waals surface area (Å²) in [5.41, 5.74) is 2.18. The molecule has 4 rings (SSSR count). The minimum absolute atomic E-state index is 0.0710. The Balaban J connectivity index is 1.60. The molecular weight excluding hydrogens is 590 g/mol. The standard InChI is InChI=1S/C31H26BrN3O4S/c1-3-5-16-23(4-2)35-30(38)25(19-24-17-18-26(32)39-24)29(37)34-31(35)40-20-27(36)33-28(21-12-8-6-9-13-21)22-14-10-7-11-15-22/h3-19,28H,1,20H2,2H3,(H,33,36)/b16-5-,23-4+,25-19+. The fourth-order valence-corrected chi connectivity index (χ4v) is 5.07. The molecule has 1 aromatic heterocycles. The second-order valence-electron chi connectivity index (χ2n) is 8.46. The number of hydrogen-bond donors (Lipinski definition) is 1. The van der Waals surface area contributed by atoms with Crippen LogP contribution in [0, 0.1) is 0 Å². The Kier molecular flexibility index (Phi) is 9.88. The van der Waals surface area contributed by atoms with Crippen molar-refractivity contribution in [3.05, 3.63) is 137 Å². The number of carbonyl (C=O) groups excluding carboxylic acids is 3. The number of furan rings is 1. The van der Waals surface area contributed by atoms with Gasteiger partial charge in [-0.15, -0.1) is 0 Å². The highest BCUT2D eigenvalue weighted by Crippen LogP contribution is 2.27. The number of amides is 3. The summed E-state index contributed by atoms with van der Waals surface area (Å²) >= 11 is 4.23. The smallest absolute Gasteiger partial charge is 0.285 e. The first-order chi connectivity index (χ1) is 19.4. The summed E-state index contributed by atoms with van der Waals surface area (Å²) in [7, 11) is 0. The maximum atomic E-state index is 13.6. The maximum absolute atomic E-state index is 13.6. The topological polar surface area (TPSA) is 92.0 Å². The molecule has 202 valence electrons. The van der Waals surface area contributed by atoms with Crippen molar-refractivity contribution >= 4 is 56.7 Å². The molecule has 2 heterocycles. The lowest BCUT2D eigenvalue weighted by molar-refractivity contribution is -0.126. The number of amidine groups is 1. The lowest BCUT2D eigenvalue weighted by atomic mass is 9.99. The zero-order chi connectivity index (χ0) is 28.5. The third kappa shape index (κ3) is 7.05. The molecule has 0 aliphatic carbocycles. The van der Waals surface area contributed by atoms with Crippen LogP contribution in [-0.4, -0.2) is 33.5 Å². The normalized spacial score (nSPS) is 15.2. The Morgan fingerprint density at radius 1 is 1.07 bits per heavy atom. The summed E-state index contributed by atoms with van der Waals surface area (Å²) < 4.78 is 5.92. The molecular formula is C31H26BrN3O4S. The van der Waals surface area contributed by atoms with Gasteiger partial charge < -0.3 is 9.73 Å². The van der Waals surface area contributed by atoms with Gasteiger partial charge in [0.05, 0.1) is 11.8 Å². The van der Waals surface area contributed by atoms with E-state index in [2.05, 4.69) is 32.8 Å². The van der Waals surface area contributed by atoms with Crippen molar-refractivity contribution in [2.24, 2.45) is 4.99 Å². The predicted octanol–water partition coefficient (Wildman–Crippen LogP) is 6.44. The third-order valence-corrected chi connectivity index (χ3v) is 7.16. The summed E-state index contributed by atoms with van der Waals surface area (Å²) in [4.78, 5) is 45.3. The average molecular weight is 617 g/mol. The summed E-state index contributed by atoms with van der Waals surface area (Å²) in [5.74, 6) is -1.32. The van der Waals surface area contributed by atoms with E-state index in [1.54, 1.807) is 43.4 Å². The number of benzene rings is 2. The molecule has 7 nitrogen and oxygen atoms in total. The zero-order valence-electron chi connectivity index (χ0n) is 21.6. The Morgan fingerprint density at radius 3 is 2.27 bits per heavy atom. The molecule has 1 N–H and O–H groups in total. The van der Waals surface area contributed by atoms with Crippen molar-refractivity contribution in [1.82, 2.24) is 10.2 Å². The van der Waals surface area contributed by atoms with E-state index >= 15 is 0 Å². The Labute approximate surface area is 245 Å². The number of nitrogens with one attached hydrogen (secondary N) is 1.